The molecule has 1 heterocycles. The largest absolute Gasteiger partial charge is 0.377 e. The molecule has 3 aromatic carbocycles. The minimum atomic E-state index is -0.469. The molecule has 0 bridgehead atoms. The number of anilines is 2. The number of amides is 2. The van der Waals surface area contributed by atoms with Gasteiger partial charge in [-0.25, -0.2) is 4.39 Å². The van der Waals surface area contributed by atoms with Crippen molar-refractivity contribution in [1.82, 2.24) is 4.90 Å². The number of halogens is 1. The molecule has 1 N–H and O–H groups in total. The summed E-state index contributed by atoms with van der Waals surface area (Å²) in [6.07, 6.45) is 0. The Morgan fingerprint density at radius 2 is 1.72 bits per heavy atom. The first kappa shape index (κ1) is 25.1. The van der Waals surface area contributed by atoms with Gasteiger partial charge in [-0.3, -0.25) is 9.59 Å². The second-order valence-corrected chi connectivity index (χ2v) is 9.65. The zero-order valence-corrected chi connectivity index (χ0v) is 21.3. The maximum Gasteiger partial charge on any atom is 0.264 e. The van der Waals surface area contributed by atoms with Gasteiger partial charge >= 0.3 is 0 Å². The van der Waals surface area contributed by atoms with E-state index in [4.69, 9.17) is 0 Å². The quantitative estimate of drug-likeness (QED) is 0.296. The minimum absolute atomic E-state index is 0.0553. The van der Waals surface area contributed by atoms with Crippen LogP contribution in [-0.2, 0) is 6.54 Å². The zero-order chi connectivity index (χ0) is 25.7. The van der Waals surface area contributed by atoms with Crippen LogP contribution in [0.3, 0.4) is 0 Å². The van der Waals surface area contributed by atoms with Crippen LogP contribution in [0.25, 0.3) is 0 Å². The Hall–Kier alpha value is -3.97. The third kappa shape index (κ3) is 5.80. The minimum Gasteiger partial charge on any atom is -0.377 e. The smallest absolute Gasteiger partial charge is 0.264 e. The normalized spacial score (nSPS) is 11.6. The summed E-state index contributed by atoms with van der Waals surface area (Å²) in [4.78, 5) is 30.8. The van der Waals surface area contributed by atoms with Crippen LogP contribution in [0.4, 0.5) is 15.8 Å². The van der Waals surface area contributed by atoms with E-state index in [0.717, 1.165) is 16.8 Å². The summed E-state index contributed by atoms with van der Waals surface area (Å²) >= 11 is 1.41. The van der Waals surface area contributed by atoms with Crippen LogP contribution in [0, 0.1) is 5.82 Å². The van der Waals surface area contributed by atoms with Gasteiger partial charge in [-0.15, -0.1) is 11.3 Å². The van der Waals surface area contributed by atoms with Crippen LogP contribution in [0.2, 0.25) is 0 Å². The second-order valence-electron chi connectivity index (χ2n) is 8.70. The van der Waals surface area contributed by atoms with E-state index in [1.165, 1.54) is 29.5 Å². The van der Waals surface area contributed by atoms with Gasteiger partial charge in [-0.1, -0.05) is 42.5 Å². The topological polar surface area (TPSA) is 52.7 Å². The maximum atomic E-state index is 13.6. The fraction of sp³-hybridized carbons (Fsp3) is 0.172. The summed E-state index contributed by atoms with van der Waals surface area (Å²) < 4.78 is 13.6. The van der Waals surface area contributed by atoms with E-state index >= 15 is 0 Å². The molecule has 5 nitrogen and oxygen atoms in total. The number of nitrogens with zero attached hydrogens (tertiary/aromatic N) is 2. The molecule has 184 valence electrons. The van der Waals surface area contributed by atoms with Gasteiger partial charge < -0.3 is 15.1 Å². The molecule has 0 unspecified atom stereocenters. The van der Waals surface area contributed by atoms with Gasteiger partial charge in [0.05, 0.1) is 10.9 Å². The highest BCUT2D eigenvalue weighted by molar-refractivity contribution is 7.12. The predicted octanol–water partition coefficient (Wildman–Crippen LogP) is 6.61. The average Bonchev–Trinajstić information content (AvgIpc) is 3.42. The van der Waals surface area contributed by atoms with Gasteiger partial charge in [-0.2, -0.15) is 0 Å². The fourth-order valence-electron chi connectivity index (χ4n) is 4.08. The molecule has 0 fully saturated rings. The molecule has 0 radical (unpaired) electrons. The maximum absolute atomic E-state index is 13.6. The highest BCUT2D eigenvalue weighted by atomic mass is 32.1. The fourth-order valence-corrected chi connectivity index (χ4v) is 4.76. The van der Waals surface area contributed by atoms with E-state index in [0.29, 0.717) is 17.1 Å². The standard InChI is InChI=1S/C29H28FN3O2S/c1-20(21-9-5-4-6-10-21)33(29(35)27-13-8-16-36-27)19-23-18-25(14-15-26(23)32(2)3)31-28(34)22-11-7-12-24(30)17-22/h4-18,20H,19H2,1-3H3,(H,31,34)/t20-/m1/s1. The molecule has 0 saturated carbocycles. The molecule has 2 amide bonds. The molecular weight excluding hydrogens is 473 g/mol. The predicted molar refractivity (Wildman–Crippen MR) is 144 cm³/mol. The Kier molecular flexibility index (Phi) is 7.80. The first-order valence-corrected chi connectivity index (χ1v) is 12.5. The van der Waals surface area contributed by atoms with Gasteiger partial charge in [0.2, 0.25) is 0 Å². The molecule has 4 rings (SSSR count). The van der Waals surface area contributed by atoms with Gasteiger partial charge in [0, 0.05) is 37.6 Å². The molecule has 0 aliphatic heterocycles. The van der Waals surface area contributed by atoms with Crippen LogP contribution >= 0.6 is 11.3 Å². The second kappa shape index (κ2) is 11.2. The number of nitrogens with one attached hydrogen (secondary N) is 1. The van der Waals surface area contributed by atoms with Gasteiger partial charge in [0.1, 0.15) is 5.82 Å². The van der Waals surface area contributed by atoms with E-state index in [2.05, 4.69) is 5.32 Å². The van der Waals surface area contributed by atoms with Crippen molar-refractivity contribution in [1.29, 1.82) is 0 Å². The molecule has 1 aromatic heterocycles. The zero-order valence-electron chi connectivity index (χ0n) is 20.4. The van der Waals surface area contributed by atoms with Crippen LogP contribution in [0.5, 0.6) is 0 Å². The number of benzene rings is 3. The summed E-state index contributed by atoms with van der Waals surface area (Å²) in [6.45, 7) is 2.36. The number of hydrogen-bond donors (Lipinski definition) is 1. The summed E-state index contributed by atoms with van der Waals surface area (Å²) in [7, 11) is 3.88. The van der Waals surface area contributed by atoms with Crippen LogP contribution in [0.1, 0.15) is 44.1 Å². The third-order valence-electron chi connectivity index (χ3n) is 5.99. The van der Waals surface area contributed by atoms with E-state index < -0.39 is 11.7 Å². The highest BCUT2D eigenvalue weighted by Gasteiger charge is 2.25. The lowest BCUT2D eigenvalue weighted by Gasteiger charge is -2.31. The lowest BCUT2D eigenvalue weighted by Crippen LogP contribution is -2.33. The molecule has 4 aromatic rings. The Morgan fingerprint density at radius 3 is 2.39 bits per heavy atom. The van der Waals surface area contributed by atoms with E-state index in [1.54, 1.807) is 6.07 Å². The molecule has 0 saturated heterocycles. The molecule has 0 spiro atoms. The third-order valence-corrected chi connectivity index (χ3v) is 6.85. The Labute approximate surface area is 214 Å². The Balaban J connectivity index is 1.68. The average molecular weight is 502 g/mol. The van der Waals surface area contributed by atoms with E-state index in [-0.39, 0.29) is 17.5 Å². The summed E-state index contributed by atoms with van der Waals surface area (Å²) in [5, 5.41) is 4.75. The Bertz CT molecular complexity index is 1340. The van der Waals surface area contributed by atoms with Crippen molar-refractivity contribution in [2.75, 3.05) is 24.3 Å². The molecule has 36 heavy (non-hydrogen) atoms. The van der Waals surface area contributed by atoms with E-state index in [1.807, 2.05) is 96.9 Å². The Morgan fingerprint density at radius 1 is 0.944 bits per heavy atom. The van der Waals surface area contributed by atoms with Gasteiger partial charge in [0.25, 0.3) is 11.8 Å². The number of carbonyl (C=O) groups excluding carboxylic acids is 2. The summed E-state index contributed by atoms with van der Waals surface area (Å²) in [6, 6.07) is 24.6. The monoisotopic (exact) mass is 501 g/mol. The number of carbonyl (C=O) groups is 2. The molecular formula is C29H28FN3O2S. The molecule has 0 aliphatic rings. The SMILES string of the molecule is C[C@H](c1ccccc1)N(Cc1cc(NC(=O)c2cccc(F)c2)ccc1N(C)C)C(=O)c1cccs1. The molecule has 1 atom stereocenters. The van der Waals surface area contributed by atoms with Crippen molar-refractivity contribution in [3.8, 4) is 0 Å². The van der Waals surface area contributed by atoms with Crippen LogP contribution in [0.15, 0.2) is 90.3 Å². The molecule has 0 aliphatic carbocycles. The van der Waals surface area contributed by atoms with Crippen LogP contribution < -0.4 is 10.2 Å². The van der Waals surface area contributed by atoms with Crippen molar-refractivity contribution >= 4 is 34.5 Å². The lowest BCUT2D eigenvalue weighted by atomic mass is 10.0. The number of rotatable bonds is 8. The van der Waals surface area contributed by atoms with Crippen LogP contribution in [-0.4, -0.2) is 30.8 Å². The van der Waals surface area contributed by atoms with Crippen molar-refractivity contribution in [2.45, 2.75) is 19.5 Å². The van der Waals surface area contributed by atoms with Crippen molar-refractivity contribution in [3.05, 3.63) is 118 Å². The number of thiophene rings is 1. The highest BCUT2D eigenvalue weighted by Crippen LogP contribution is 2.30. The first-order chi connectivity index (χ1) is 17.3. The first-order valence-electron chi connectivity index (χ1n) is 11.6. The van der Waals surface area contributed by atoms with Gasteiger partial charge in [0.15, 0.2) is 0 Å². The van der Waals surface area contributed by atoms with E-state index in [9.17, 15) is 14.0 Å². The van der Waals surface area contributed by atoms with Crippen molar-refractivity contribution < 1.29 is 14.0 Å². The molecule has 7 heteroatoms. The number of hydrogen-bond acceptors (Lipinski definition) is 4. The summed E-state index contributed by atoms with van der Waals surface area (Å²) in [5.74, 6) is -0.925. The van der Waals surface area contributed by atoms with Gasteiger partial charge in [-0.05, 0) is 65.9 Å². The lowest BCUT2D eigenvalue weighted by molar-refractivity contribution is 0.0679. The van der Waals surface area contributed by atoms with Crippen molar-refractivity contribution in [3.63, 3.8) is 0 Å². The van der Waals surface area contributed by atoms with Crippen molar-refractivity contribution in [2.24, 2.45) is 0 Å². The summed E-state index contributed by atoms with van der Waals surface area (Å²) in [5.41, 5.74) is 3.65.